The number of nitrogens with one attached hydrogen (secondary N) is 1. The Bertz CT molecular complexity index is 392. The van der Waals surface area contributed by atoms with E-state index in [1.165, 1.54) is 10.7 Å². The average Bonchev–Trinajstić information content (AvgIpc) is 3.09. The molecule has 0 unspecified atom stereocenters. The minimum absolute atomic E-state index is 0.234. The molecule has 0 aromatic carbocycles. The predicted molar refractivity (Wildman–Crippen MR) is 65.1 cm³/mol. The van der Waals surface area contributed by atoms with Crippen LogP contribution >= 0.6 is 12.1 Å². The molecule has 1 fully saturated rings. The van der Waals surface area contributed by atoms with Gasteiger partial charge in [-0.05, 0) is 26.7 Å². The highest BCUT2D eigenvalue weighted by Gasteiger charge is 2.29. The van der Waals surface area contributed by atoms with Crippen molar-refractivity contribution in [3.63, 3.8) is 0 Å². The quantitative estimate of drug-likeness (QED) is 0.544. The lowest BCUT2D eigenvalue weighted by molar-refractivity contribution is 0.00908. The molecule has 0 radical (unpaired) electrons. The second-order valence-corrected chi connectivity index (χ2v) is 5.34. The number of nitrogens with zero attached hydrogens (tertiary/aromatic N) is 3. The molecule has 94 valence electrons. The molecule has 1 aliphatic rings. The highest BCUT2D eigenvalue weighted by atomic mass is 32.2. The first-order valence-corrected chi connectivity index (χ1v) is 6.20. The maximum Gasteiger partial charge on any atom is 0.155 e. The Hall–Kier alpha value is -0.890. The standard InChI is InChI=1S/C10H16N4O2S/c1-10(2,15)8-5-11-6-9(12-8)13-17-14(16)7-3-4-7/h5-7,15-16H,3-4H2,1-2H3,(H,12,13). The van der Waals surface area contributed by atoms with Crippen LogP contribution < -0.4 is 4.72 Å². The third-order valence-electron chi connectivity index (χ3n) is 2.36. The van der Waals surface area contributed by atoms with Crippen molar-refractivity contribution in [3.8, 4) is 0 Å². The maximum absolute atomic E-state index is 9.79. The van der Waals surface area contributed by atoms with Crippen LogP contribution in [0.3, 0.4) is 0 Å². The van der Waals surface area contributed by atoms with Crippen molar-refractivity contribution in [2.75, 3.05) is 4.72 Å². The Kier molecular flexibility index (Phi) is 3.53. The molecule has 3 N–H and O–H groups in total. The van der Waals surface area contributed by atoms with Crippen LogP contribution in [-0.4, -0.2) is 30.8 Å². The van der Waals surface area contributed by atoms with Gasteiger partial charge in [-0.1, -0.05) is 0 Å². The summed E-state index contributed by atoms with van der Waals surface area (Å²) in [4.78, 5) is 8.20. The molecule has 0 atom stereocenters. The SMILES string of the molecule is CC(C)(O)c1cncc(NSN(O)C2CC2)n1. The van der Waals surface area contributed by atoms with E-state index in [2.05, 4.69) is 14.7 Å². The molecular formula is C10H16N4O2S. The van der Waals surface area contributed by atoms with Gasteiger partial charge in [-0.2, -0.15) is 0 Å². The van der Waals surface area contributed by atoms with Gasteiger partial charge in [-0.3, -0.25) is 9.71 Å². The zero-order chi connectivity index (χ0) is 12.5. The summed E-state index contributed by atoms with van der Waals surface area (Å²) in [7, 11) is 0. The van der Waals surface area contributed by atoms with Gasteiger partial charge in [0.05, 0.1) is 30.2 Å². The minimum Gasteiger partial charge on any atom is -0.384 e. The number of aliphatic hydroxyl groups is 1. The van der Waals surface area contributed by atoms with Crippen LogP contribution in [0.5, 0.6) is 0 Å². The minimum atomic E-state index is -1.02. The van der Waals surface area contributed by atoms with Gasteiger partial charge < -0.3 is 10.3 Å². The number of hydrogen-bond donors (Lipinski definition) is 3. The van der Waals surface area contributed by atoms with Gasteiger partial charge in [0.25, 0.3) is 0 Å². The van der Waals surface area contributed by atoms with E-state index in [1.54, 1.807) is 20.0 Å². The molecule has 1 aromatic rings. The lowest BCUT2D eigenvalue weighted by atomic mass is 10.1. The Morgan fingerprint density at radius 2 is 2.18 bits per heavy atom. The van der Waals surface area contributed by atoms with Crippen LogP contribution in [0.4, 0.5) is 5.82 Å². The molecule has 0 amide bonds. The van der Waals surface area contributed by atoms with Gasteiger partial charge in [0.15, 0.2) is 5.82 Å². The summed E-state index contributed by atoms with van der Waals surface area (Å²) in [6.45, 7) is 3.30. The van der Waals surface area contributed by atoms with E-state index < -0.39 is 5.60 Å². The number of anilines is 1. The number of rotatable bonds is 5. The smallest absolute Gasteiger partial charge is 0.155 e. The molecule has 1 heterocycles. The highest BCUT2D eigenvalue weighted by molar-refractivity contribution is 7.98. The second kappa shape index (κ2) is 4.77. The normalized spacial score (nSPS) is 16.3. The molecule has 0 spiro atoms. The molecular weight excluding hydrogens is 240 g/mol. The summed E-state index contributed by atoms with van der Waals surface area (Å²) < 4.78 is 4.07. The van der Waals surface area contributed by atoms with Gasteiger partial charge >= 0.3 is 0 Å². The molecule has 6 nitrogen and oxygen atoms in total. The molecule has 1 aromatic heterocycles. The van der Waals surface area contributed by atoms with Crippen LogP contribution in [0.15, 0.2) is 12.4 Å². The first kappa shape index (κ1) is 12.6. The van der Waals surface area contributed by atoms with E-state index in [-0.39, 0.29) is 6.04 Å². The summed E-state index contributed by atoms with van der Waals surface area (Å²) in [5.41, 5.74) is -0.538. The third kappa shape index (κ3) is 3.53. The van der Waals surface area contributed by atoms with Crippen LogP contribution in [0.2, 0.25) is 0 Å². The van der Waals surface area contributed by atoms with E-state index in [1.807, 2.05) is 0 Å². The van der Waals surface area contributed by atoms with Crippen molar-refractivity contribution in [2.24, 2.45) is 0 Å². The summed E-state index contributed by atoms with van der Waals surface area (Å²) in [5.74, 6) is 0.509. The fourth-order valence-electron chi connectivity index (χ4n) is 1.17. The molecule has 0 aliphatic heterocycles. The van der Waals surface area contributed by atoms with Gasteiger partial charge in [-0.25, -0.2) is 4.98 Å². The summed E-state index contributed by atoms with van der Waals surface area (Å²) in [6.07, 6.45) is 5.09. The fourth-order valence-corrected chi connectivity index (χ4v) is 1.82. The molecule has 2 rings (SSSR count). The summed E-state index contributed by atoms with van der Waals surface area (Å²) in [5, 5.41) is 19.3. The Morgan fingerprint density at radius 1 is 1.47 bits per heavy atom. The zero-order valence-corrected chi connectivity index (χ0v) is 10.6. The van der Waals surface area contributed by atoms with Crippen molar-refractivity contribution < 1.29 is 10.3 Å². The monoisotopic (exact) mass is 256 g/mol. The Labute approximate surface area is 104 Å². The summed E-state index contributed by atoms with van der Waals surface area (Å²) in [6, 6.07) is 0.234. The number of aromatic nitrogens is 2. The molecule has 0 bridgehead atoms. The van der Waals surface area contributed by atoms with Gasteiger partial charge in [-0.15, -0.1) is 4.47 Å². The van der Waals surface area contributed by atoms with E-state index in [9.17, 15) is 10.3 Å². The second-order valence-electron chi connectivity index (χ2n) is 4.58. The van der Waals surface area contributed by atoms with Gasteiger partial charge in [0, 0.05) is 6.04 Å². The van der Waals surface area contributed by atoms with E-state index in [0.29, 0.717) is 11.5 Å². The topological polar surface area (TPSA) is 81.5 Å². The number of hydroxylamine groups is 1. The van der Waals surface area contributed by atoms with Crippen molar-refractivity contribution in [3.05, 3.63) is 18.1 Å². The van der Waals surface area contributed by atoms with Crippen molar-refractivity contribution in [1.29, 1.82) is 0 Å². The largest absolute Gasteiger partial charge is 0.384 e. The van der Waals surface area contributed by atoms with Crippen molar-refractivity contribution in [2.45, 2.75) is 38.3 Å². The molecule has 1 saturated carbocycles. The van der Waals surface area contributed by atoms with Crippen molar-refractivity contribution in [1.82, 2.24) is 14.4 Å². The Morgan fingerprint density at radius 3 is 2.76 bits per heavy atom. The van der Waals surface area contributed by atoms with Gasteiger partial charge in [0.2, 0.25) is 0 Å². The predicted octanol–water partition coefficient (Wildman–Crippen LogP) is 1.53. The van der Waals surface area contributed by atoms with Crippen LogP contribution in [0.1, 0.15) is 32.4 Å². The number of hydrogen-bond acceptors (Lipinski definition) is 7. The van der Waals surface area contributed by atoms with E-state index in [0.717, 1.165) is 25.0 Å². The maximum atomic E-state index is 9.79. The van der Waals surface area contributed by atoms with Crippen molar-refractivity contribution >= 4 is 18.0 Å². The Balaban J connectivity index is 1.96. The van der Waals surface area contributed by atoms with Crippen LogP contribution in [-0.2, 0) is 5.60 Å². The lowest BCUT2D eigenvalue weighted by Crippen LogP contribution is -2.19. The fraction of sp³-hybridized carbons (Fsp3) is 0.600. The zero-order valence-electron chi connectivity index (χ0n) is 9.79. The summed E-state index contributed by atoms with van der Waals surface area (Å²) >= 11 is 1.07. The van der Waals surface area contributed by atoms with Crippen LogP contribution in [0, 0.1) is 0 Å². The van der Waals surface area contributed by atoms with Gasteiger partial charge in [0.1, 0.15) is 5.60 Å². The first-order chi connectivity index (χ1) is 7.97. The first-order valence-electron chi connectivity index (χ1n) is 5.43. The molecule has 0 saturated heterocycles. The molecule has 17 heavy (non-hydrogen) atoms. The average molecular weight is 256 g/mol. The van der Waals surface area contributed by atoms with E-state index in [4.69, 9.17) is 0 Å². The van der Waals surface area contributed by atoms with Crippen LogP contribution in [0.25, 0.3) is 0 Å². The third-order valence-corrected chi connectivity index (χ3v) is 3.15. The molecule has 1 aliphatic carbocycles. The van der Waals surface area contributed by atoms with E-state index >= 15 is 0 Å². The highest BCUT2D eigenvalue weighted by Crippen LogP contribution is 2.30. The molecule has 7 heteroatoms. The lowest BCUT2D eigenvalue weighted by Gasteiger charge is -2.17.